The van der Waals surface area contributed by atoms with Crippen LogP contribution >= 0.6 is 0 Å². The molecule has 0 radical (unpaired) electrons. The number of rotatable bonds is 5. The molecule has 1 unspecified atom stereocenters. The Morgan fingerprint density at radius 2 is 2.10 bits per heavy atom. The third kappa shape index (κ3) is 3.30. The molecular weight excluding hydrogens is 255 g/mol. The van der Waals surface area contributed by atoms with Crippen molar-refractivity contribution in [1.29, 1.82) is 0 Å². The molecule has 0 saturated carbocycles. The summed E-state index contributed by atoms with van der Waals surface area (Å²) in [5.41, 5.74) is 1.76. The number of nitrogens with one attached hydrogen (secondary N) is 1. The van der Waals surface area contributed by atoms with Crippen LogP contribution in [0.25, 0.3) is 0 Å². The predicted molar refractivity (Wildman–Crippen MR) is 80.7 cm³/mol. The van der Waals surface area contributed by atoms with E-state index in [1.54, 1.807) is 12.1 Å². The highest BCUT2D eigenvalue weighted by atomic mass is 19.1. The minimum atomic E-state index is -0.138. The SMILES string of the molecule is CCNC(C)c1cccc(F)c1N(C)C1CCOCC1. The van der Waals surface area contributed by atoms with Crippen molar-refractivity contribution in [2.45, 2.75) is 38.8 Å². The zero-order valence-corrected chi connectivity index (χ0v) is 12.7. The van der Waals surface area contributed by atoms with Gasteiger partial charge in [0.05, 0.1) is 5.69 Å². The van der Waals surface area contributed by atoms with Crippen LogP contribution in [0.15, 0.2) is 18.2 Å². The van der Waals surface area contributed by atoms with Gasteiger partial charge in [-0.15, -0.1) is 0 Å². The normalized spacial score (nSPS) is 18.0. The Balaban J connectivity index is 2.28. The lowest BCUT2D eigenvalue weighted by Gasteiger charge is -2.35. The second-order valence-electron chi connectivity index (χ2n) is 5.41. The maximum Gasteiger partial charge on any atom is 0.146 e. The van der Waals surface area contributed by atoms with Crippen LogP contribution in [0.1, 0.15) is 38.3 Å². The maximum atomic E-state index is 14.4. The van der Waals surface area contributed by atoms with Crippen LogP contribution in [-0.2, 0) is 4.74 Å². The van der Waals surface area contributed by atoms with Crippen LogP contribution < -0.4 is 10.2 Å². The van der Waals surface area contributed by atoms with Crippen molar-refractivity contribution in [3.63, 3.8) is 0 Å². The lowest BCUT2D eigenvalue weighted by Crippen LogP contribution is -2.38. The number of anilines is 1. The Morgan fingerprint density at radius 3 is 2.75 bits per heavy atom. The van der Waals surface area contributed by atoms with Crippen LogP contribution in [0, 0.1) is 5.82 Å². The van der Waals surface area contributed by atoms with Gasteiger partial charge in [0.15, 0.2) is 0 Å². The third-order valence-corrected chi connectivity index (χ3v) is 4.09. The molecule has 1 aromatic rings. The van der Waals surface area contributed by atoms with E-state index in [-0.39, 0.29) is 11.9 Å². The van der Waals surface area contributed by atoms with E-state index in [2.05, 4.69) is 24.1 Å². The molecular formula is C16H25FN2O. The fraction of sp³-hybridized carbons (Fsp3) is 0.625. The Kier molecular flexibility index (Phi) is 5.38. The summed E-state index contributed by atoms with van der Waals surface area (Å²) in [5.74, 6) is -0.138. The third-order valence-electron chi connectivity index (χ3n) is 4.09. The van der Waals surface area contributed by atoms with E-state index >= 15 is 0 Å². The fourth-order valence-corrected chi connectivity index (χ4v) is 2.92. The second kappa shape index (κ2) is 7.04. The minimum Gasteiger partial charge on any atom is -0.381 e. The molecule has 20 heavy (non-hydrogen) atoms. The van der Waals surface area contributed by atoms with Gasteiger partial charge in [-0.05, 0) is 37.9 Å². The molecule has 4 heteroatoms. The lowest BCUT2D eigenvalue weighted by molar-refractivity contribution is 0.0853. The van der Waals surface area contributed by atoms with E-state index in [1.165, 1.54) is 0 Å². The lowest BCUT2D eigenvalue weighted by atomic mass is 10.0. The number of benzene rings is 1. The van der Waals surface area contributed by atoms with Gasteiger partial charge in [-0.1, -0.05) is 19.1 Å². The molecule has 1 fully saturated rings. The first-order valence-corrected chi connectivity index (χ1v) is 7.47. The van der Waals surface area contributed by atoms with E-state index < -0.39 is 0 Å². The van der Waals surface area contributed by atoms with E-state index in [4.69, 9.17) is 4.74 Å². The maximum absolute atomic E-state index is 14.4. The van der Waals surface area contributed by atoms with E-state index in [0.717, 1.165) is 43.9 Å². The van der Waals surface area contributed by atoms with Crippen LogP contribution in [0.3, 0.4) is 0 Å². The summed E-state index contributed by atoms with van der Waals surface area (Å²) in [6, 6.07) is 5.86. The van der Waals surface area contributed by atoms with Gasteiger partial charge in [-0.25, -0.2) is 4.39 Å². The molecule has 0 bridgehead atoms. The second-order valence-corrected chi connectivity index (χ2v) is 5.41. The van der Waals surface area contributed by atoms with Gasteiger partial charge in [0.25, 0.3) is 0 Å². The molecule has 0 aliphatic carbocycles. The van der Waals surface area contributed by atoms with Crippen LogP contribution in [0.4, 0.5) is 10.1 Å². The monoisotopic (exact) mass is 280 g/mol. The largest absolute Gasteiger partial charge is 0.381 e. The fourth-order valence-electron chi connectivity index (χ4n) is 2.92. The van der Waals surface area contributed by atoms with Crippen LogP contribution in [-0.4, -0.2) is 32.8 Å². The Hall–Kier alpha value is -1.13. The average molecular weight is 280 g/mol. The molecule has 1 N–H and O–H groups in total. The summed E-state index contributed by atoms with van der Waals surface area (Å²) < 4.78 is 19.8. The summed E-state index contributed by atoms with van der Waals surface area (Å²) in [6.45, 7) is 6.55. The highest BCUT2D eigenvalue weighted by Gasteiger charge is 2.24. The number of hydrogen-bond donors (Lipinski definition) is 1. The molecule has 1 aliphatic rings. The Morgan fingerprint density at radius 1 is 1.40 bits per heavy atom. The van der Waals surface area contributed by atoms with Gasteiger partial charge in [-0.2, -0.15) is 0 Å². The zero-order valence-electron chi connectivity index (χ0n) is 12.7. The molecule has 3 nitrogen and oxygen atoms in total. The molecule has 1 aromatic carbocycles. The zero-order chi connectivity index (χ0) is 14.5. The van der Waals surface area contributed by atoms with E-state index in [9.17, 15) is 4.39 Å². The first kappa shape index (κ1) is 15.3. The minimum absolute atomic E-state index is 0.138. The summed E-state index contributed by atoms with van der Waals surface area (Å²) in [5, 5.41) is 3.37. The number of para-hydroxylation sites is 1. The highest BCUT2D eigenvalue weighted by Crippen LogP contribution is 2.31. The molecule has 112 valence electrons. The molecule has 0 amide bonds. The number of ether oxygens (including phenoxy) is 1. The van der Waals surface area contributed by atoms with Gasteiger partial charge in [0.2, 0.25) is 0 Å². The molecule has 0 spiro atoms. The van der Waals surface area contributed by atoms with E-state index in [0.29, 0.717) is 6.04 Å². The molecule has 0 aromatic heterocycles. The van der Waals surface area contributed by atoms with Gasteiger partial charge in [-0.3, -0.25) is 0 Å². The van der Waals surface area contributed by atoms with Gasteiger partial charge in [0, 0.05) is 32.3 Å². The number of hydrogen-bond acceptors (Lipinski definition) is 3. The number of nitrogens with zero attached hydrogens (tertiary/aromatic N) is 1. The van der Waals surface area contributed by atoms with Crippen molar-refractivity contribution < 1.29 is 9.13 Å². The van der Waals surface area contributed by atoms with Crippen molar-refractivity contribution in [3.05, 3.63) is 29.6 Å². The summed E-state index contributed by atoms with van der Waals surface area (Å²) in [6.07, 6.45) is 1.92. The molecule has 1 aliphatic heterocycles. The standard InChI is InChI=1S/C16H25FN2O/c1-4-18-12(2)14-6-5-7-15(17)16(14)19(3)13-8-10-20-11-9-13/h5-7,12-13,18H,4,8-11H2,1-3H3. The van der Waals surface area contributed by atoms with Crippen molar-refractivity contribution in [2.24, 2.45) is 0 Å². The van der Waals surface area contributed by atoms with Gasteiger partial charge in [0.1, 0.15) is 5.82 Å². The summed E-state index contributed by atoms with van der Waals surface area (Å²) in [7, 11) is 2.00. The molecule has 1 saturated heterocycles. The number of halogens is 1. The van der Waals surface area contributed by atoms with Gasteiger partial charge < -0.3 is 15.0 Å². The van der Waals surface area contributed by atoms with Crippen molar-refractivity contribution in [2.75, 3.05) is 31.7 Å². The van der Waals surface area contributed by atoms with Crippen molar-refractivity contribution in [3.8, 4) is 0 Å². The van der Waals surface area contributed by atoms with Crippen molar-refractivity contribution in [1.82, 2.24) is 5.32 Å². The smallest absolute Gasteiger partial charge is 0.146 e. The topological polar surface area (TPSA) is 24.5 Å². The predicted octanol–water partition coefficient (Wildman–Crippen LogP) is 3.11. The Bertz CT molecular complexity index is 432. The quantitative estimate of drug-likeness (QED) is 0.897. The average Bonchev–Trinajstić information content (AvgIpc) is 2.47. The van der Waals surface area contributed by atoms with E-state index in [1.807, 2.05) is 13.1 Å². The van der Waals surface area contributed by atoms with Crippen LogP contribution in [0.2, 0.25) is 0 Å². The summed E-state index contributed by atoms with van der Waals surface area (Å²) in [4.78, 5) is 2.10. The molecule has 2 rings (SSSR count). The summed E-state index contributed by atoms with van der Waals surface area (Å²) >= 11 is 0. The van der Waals surface area contributed by atoms with Crippen molar-refractivity contribution >= 4 is 5.69 Å². The highest BCUT2D eigenvalue weighted by molar-refractivity contribution is 5.56. The van der Waals surface area contributed by atoms with Gasteiger partial charge >= 0.3 is 0 Å². The Labute approximate surface area is 121 Å². The van der Waals surface area contributed by atoms with Crippen LogP contribution in [0.5, 0.6) is 0 Å². The first-order chi connectivity index (χ1) is 9.65. The molecule has 1 atom stereocenters. The molecule has 1 heterocycles. The first-order valence-electron chi connectivity index (χ1n) is 7.47.